The summed E-state index contributed by atoms with van der Waals surface area (Å²) in [5.74, 6) is 0. The first-order valence-corrected chi connectivity index (χ1v) is 6.94. The smallest absolute Gasteiger partial charge is 0.334 e. The van der Waals surface area contributed by atoms with Crippen molar-refractivity contribution in [2.75, 3.05) is 13.7 Å². The van der Waals surface area contributed by atoms with Gasteiger partial charge in [0.15, 0.2) is 0 Å². The van der Waals surface area contributed by atoms with Gasteiger partial charge in [-0.3, -0.25) is 4.68 Å². The Labute approximate surface area is 122 Å². The van der Waals surface area contributed by atoms with Crippen LogP contribution in [0.4, 0.5) is 0 Å². The van der Waals surface area contributed by atoms with E-state index in [9.17, 15) is 5.11 Å². The molecule has 1 aromatic heterocycles. The largest absolute Gasteiger partial charge is 0.426 e. The zero-order valence-corrected chi connectivity index (χ0v) is 13.4. The fourth-order valence-corrected chi connectivity index (χ4v) is 1.52. The molecule has 0 atom stereocenters. The lowest BCUT2D eigenvalue weighted by Crippen LogP contribution is -2.49. The Balaban J connectivity index is 2.61. The lowest BCUT2D eigenvalue weighted by atomic mass is 9.83. The van der Waals surface area contributed by atoms with Crippen LogP contribution in [0.2, 0.25) is 0 Å². The molecule has 0 bridgehead atoms. The summed E-state index contributed by atoms with van der Waals surface area (Å²) >= 11 is 0. The van der Waals surface area contributed by atoms with Gasteiger partial charge >= 0.3 is 7.48 Å². The SMILES string of the molecule is COCCCn1ncc([B]OC(C)(C)C(C)(C)O)c1C. The molecule has 1 radical (unpaired) electrons. The number of aromatic nitrogens is 2. The maximum Gasteiger partial charge on any atom is 0.334 e. The van der Waals surface area contributed by atoms with E-state index in [4.69, 9.17) is 9.39 Å². The molecular formula is C14H26BN2O3. The molecular weight excluding hydrogens is 255 g/mol. The number of nitrogens with zero attached hydrogens (tertiary/aromatic N) is 2. The molecule has 113 valence electrons. The van der Waals surface area contributed by atoms with Gasteiger partial charge in [-0.25, -0.2) is 0 Å². The van der Waals surface area contributed by atoms with Crippen molar-refractivity contribution in [2.45, 2.75) is 58.8 Å². The Morgan fingerprint density at radius 1 is 1.35 bits per heavy atom. The van der Waals surface area contributed by atoms with Crippen molar-refractivity contribution in [1.29, 1.82) is 0 Å². The van der Waals surface area contributed by atoms with Crippen molar-refractivity contribution in [2.24, 2.45) is 0 Å². The summed E-state index contributed by atoms with van der Waals surface area (Å²) < 4.78 is 12.7. The highest BCUT2D eigenvalue weighted by Gasteiger charge is 2.36. The van der Waals surface area contributed by atoms with Crippen molar-refractivity contribution >= 4 is 12.9 Å². The van der Waals surface area contributed by atoms with Crippen LogP contribution in [0.25, 0.3) is 0 Å². The molecule has 0 fully saturated rings. The molecule has 1 aromatic rings. The van der Waals surface area contributed by atoms with E-state index in [2.05, 4.69) is 5.10 Å². The van der Waals surface area contributed by atoms with Gasteiger partial charge in [-0.15, -0.1) is 0 Å². The molecule has 0 aliphatic carbocycles. The zero-order chi connectivity index (χ0) is 15.4. The molecule has 6 heteroatoms. The van der Waals surface area contributed by atoms with Gasteiger partial charge < -0.3 is 14.5 Å². The predicted molar refractivity (Wildman–Crippen MR) is 80.3 cm³/mol. The maximum atomic E-state index is 10.1. The van der Waals surface area contributed by atoms with Gasteiger partial charge in [0.05, 0.1) is 11.2 Å². The maximum absolute atomic E-state index is 10.1. The highest BCUT2D eigenvalue weighted by atomic mass is 16.5. The van der Waals surface area contributed by atoms with Gasteiger partial charge in [0.2, 0.25) is 0 Å². The summed E-state index contributed by atoms with van der Waals surface area (Å²) in [6.45, 7) is 10.8. The minimum absolute atomic E-state index is 0.669. The van der Waals surface area contributed by atoms with E-state index >= 15 is 0 Å². The van der Waals surface area contributed by atoms with Gasteiger partial charge in [0, 0.05) is 32.2 Å². The molecule has 1 rings (SSSR count). The topological polar surface area (TPSA) is 56.5 Å². The number of aliphatic hydroxyl groups is 1. The van der Waals surface area contributed by atoms with Crippen molar-refractivity contribution in [1.82, 2.24) is 9.78 Å². The number of methoxy groups -OCH3 is 1. The van der Waals surface area contributed by atoms with E-state index in [0.717, 1.165) is 30.7 Å². The molecule has 0 saturated heterocycles. The highest BCUT2D eigenvalue weighted by molar-refractivity contribution is 6.47. The summed E-state index contributed by atoms with van der Waals surface area (Å²) in [6, 6.07) is 0. The van der Waals surface area contributed by atoms with Gasteiger partial charge in [0.25, 0.3) is 0 Å². The molecule has 0 aliphatic heterocycles. The number of aryl methyl sites for hydroxylation is 1. The Hall–Kier alpha value is -0.845. The third kappa shape index (κ3) is 4.33. The molecule has 0 saturated carbocycles. The van der Waals surface area contributed by atoms with E-state index in [1.807, 2.05) is 25.5 Å². The van der Waals surface area contributed by atoms with E-state index in [-0.39, 0.29) is 0 Å². The van der Waals surface area contributed by atoms with Crippen LogP contribution in [0.5, 0.6) is 0 Å². The van der Waals surface area contributed by atoms with Crippen LogP contribution in [0.15, 0.2) is 6.20 Å². The molecule has 0 amide bonds. The minimum atomic E-state index is -0.925. The third-order valence-electron chi connectivity index (χ3n) is 3.81. The predicted octanol–water partition coefficient (Wildman–Crippen LogP) is 1.04. The standard InChI is InChI=1S/C14H26BN2O3/c1-11-12(10-16-17(11)8-7-9-19-6)15-20-14(4,5)13(2,3)18/h10,18H,7-9H2,1-6H3. The lowest BCUT2D eigenvalue weighted by Gasteiger charge is -2.37. The molecule has 0 aliphatic rings. The minimum Gasteiger partial charge on any atom is -0.426 e. The average molecular weight is 281 g/mol. The number of rotatable bonds is 8. The quantitative estimate of drug-likeness (QED) is 0.571. The molecule has 1 heterocycles. The van der Waals surface area contributed by atoms with Gasteiger partial charge in [-0.05, 0) is 46.5 Å². The van der Waals surface area contributed by atoms with Gasteiger partial charge in [0.1, 0.15) is 0 Å². The molecule has 0 unspecified atom stereocenters. The Morgan fingerprint density at radius 2 is 2.00 bits per heavy atom. The van der Waals surface area contributed by atoms with Crippen molar-refractivity contribution in [3.8, 4) is 0 Å². The van der Waals surface area contributed by atoms with Crippen LogP contribution < -0.4 is 5.46 Å². The number of ether oxygens (including phenoxy) is 1. The first kappa shape index (κ1) is 17.2. The third-order valence-corrected chi connectivity index (χ3v) is 3.81. The van der Waals surface area contributed by atoms with Crippen molar-refractivity contribution < 1.29 is 14.5 Å². The fourth-order valence-electron chi connectivity index (χ4n) is 1.52. The first-order chi connectivity index (χ1) is 9.19. The second-order valence-electron chi connectivity index (χ2n) is 6.06. The second kappa shape index (κ2) is 6.74. The van der Waals surface area contributed by atoms with E-state index in [0.29, 0.717) is 0 Å². The Morgan fingerprint density at radius 3 is 2.55 bits per heavy atom. The normalized spacial score (nSPS) is 12.8. The Kier molecular flexibility index (Phi) is 5.80. The van der Waals surface area contributed by atoms with Gasteiger partial charge in [-0.1, -0.05) is 0 Å². The van der Waals surface area contributed by atoms with Crippen LogP contribution in [0, 0.1) is 6.92 Å². The molecule has 5 nitrogen and oxygen atoms in total. The average Bonchev–Trinajstić information content (AvgIpc) is 2.67. The van der Waals surface area contributed by atoms with E-state index < -0.39 is 11.2 Å². The molecule has 0 spiro atoms. The number of hydrogen-bond donors (Lipinski definition) is 1. The summed E-state index contributed by atoms with van der Waals surface area (Å²) in [4.78, 5) is 0. The van der Waals surface area contributed by atoms with E-state index in [1.165, 1.54) is 0 Å². The lowest BCUT2D eigenvalue weighted by molar-refractivity contribution is -0.0893. The van der Waals surface area contributed by atoms with Crippen molar-refractivity contribution in [3.05, 3.63) is 11.9 Å². The highest BCUT2D eigenvalue weighted by Crippen LogP contribution is 2.24. The fraction of sp³-hybridized carbons (Fsp3) is 0.786. The van der Waals surface area contributed by atoms with Crippen LogP contribution in [0.3, 0.4) is 0 Å². The first-order valence-electron chi connectivity index (χ1n) is 6.94. The van der Waals surface area contributed by atoms with Crippen LogP contribution in [-0.4, -0.2) is 47.3 Å². The van der Waals surface area contributed by atoms with Crippen LogP contribution in [-0.2, 0) is 15.9 Å². The van der Waals surface area contributed by atoms with Crippen molar-refractivity contribution in [3.63, 3.8) is 0 Å². The summed E-state index contributed by atoms with van der Waals surface area (Å²) in [5, 5.41) is 14.4. The molecule has 1 N–H and O–H groups in total. The second-order valence-corrected chi connectivity index (χ2v) is 6.06. The van der Waals surface area contributed by atoms with Crippen LogP contribution >= 0.6 is 0 Å². The molecule has 20 heavy (non-hydrogen) atoms. The monoisotopic (exact) mass is 281 g/mol. The summed E-state index contributed by atoms with van der Waals surface area (Å²) in [5.41, 5.74) is 0.385. The number of hydrogen-bond acceptors (Lipinski definition) is 4. The molecule has 0 aromatic carbocycles. The summed E-state index contributed by atoms with van der Waals surface area (Å²) in [7, 11) is 3.37. The zero-order valence-electron chi connectivity index (χ0n) is 13.4. The summed E-state index contributed by atoms with van der Waals surface area (Å²) in [6.07, 6.45) is 2.71. The Bertz CT molecular complexity index is 425. The van der Waals surface area contributed by atoms with Crippen LogP contribution in [0.1, 0.15) is 39.8 Å². The van der Waals surface area contributed by atoms with E-state index in [1.54, 1.807) is 34.6 Å². The van der Waals surface area contributed by atoms with Gasteiger partial charge in [-0.2, -0.15) is 5.10 Å².